The quantitative estimate of drug-likeness (QED) is 0.477. The van der Waals surface area contributed by atoms with Gasteiger partial charge in [-0.1, -0.05) is 13.3 Å². The Labute approximate surface area is 88.5 Å². The Morgan fingerprint density at radius 3 is 2.43 bits per heavy atom. The van der Waals surface area contributed by atoms with Crippen LogP contribution in [0.5, 0.6) is 0 Å². The summed E-state index contributed by atoms with van der Waals surface area (Å²) in [5.41, 5.74) is 0. The van der Waals surface area contributed by atoms with Crippen molar-refractivity contribution in [1.29, 1.82) is 0 Å². The van der Waals surface area contributed by atoms with Crippen molar-refractivity contribution in [3.05, 3.63) is 0 Å². The van der Waals surface area contributed by atoms with Gasteiger partial charge >= 0.3 is 0 Å². The highest BCUT2D eigenvalue weighted by Gasteiger charge is 2.21. The van der Waals surface area contributed by atoms with Crippen LogP contribution in [0.4, 0.5) is 0 Å². The highest BCUT2D eigenvalue weighted by molar-refractivity contribution is 6.71. The molecular weight excluding hydrogens is 196 g/mol. The first-order valence-electron chi connectivity index (χ1n) is 5.45. The Kier molecular flexibility index (Phi) is 8.47. The van der Waals surface area contributed by atoms with Crippen molar-refractivity contribution >= 4 is 8.32 Å². The molecule has 0 bridgehead atoms. The van der Waals surface area contributed by atoms with Gasteiger partial charge in [0.15, 0.2) is 8.32 Å². The van der Waals surface area contributed by atoms with Crippen molar-refractivity contribution < 1.29 is 14.3 Å². The molecule has 0 fully saturated rings. The molecule has 4 heteroatoms. The summed E-state index contributed by atoms with van der Waals surface area (Å²) in [7, 11) is -1.50. The average molecular weight is 220 g/mol. The lowest BCUT2D eigenvalue weighted by atomic mass is 10.4. The minimum Gasteiger partial charge on any atom is -0.417 e. The van der Waals surface area contributed by atoms with Crippen LogP contribution in [0.3, 0.4) is 0 Å². The first kappa shape index (κ1) is 14.1. The summed E-state index contributed by atoms with van der Waals surface area (Å²) in [6.45, 7) is 8.75. The molecule has 0 aromatic heterocycles. The molecule has 14 heavy (non-hydrogen) atoms. The van der Waals surface area contributed by atoms with Gasteiger partial charge in [-0.2, -0.15) is 0 Å². The molecule has 0 heterocycles. The van der Waals surface area contributed by atoms with E-state index in [1.807, 2.05) is 0 Å². The van der Waals surface area contributed by atoms with E-state index in [1.165, 1.54) is 6.42 Å². The van der Waals surface area contributed by atoms with E-state index in [0.717, 1.165) is 19.1 Å². The number of hydrogen-bond acceptors (Lipinski definition) is 3. The minimum absolute atomic E-state index is 0.110. The first-order valence-corrected chi connectivity index (χ1v) is 8.56. The lowest BCUT2D eigenvalue weighted by molar-refractivity contribution is 0.0989. The largest absolute Gasteiger partial charge is 0.417 e. The number of hydrogen-bond donors (Lipinski definition) is 1. The zero-order valence-corrected chi connectivity index (χ0v) is 10.7. The summed E-state index contributed by atoms with van der Waals surface area (Å²) in [5, 5.41) is 8.52. The zero-order valence-electron chi connectivity index (χ0n) is 9.71. The second-order valence-corrected chi connectivity index (χ2v) is 8.36. The maximum absolute atomic E-state index is 8.52. The van der Waals surface area contributed by atoms with Crippen LogP contribution in [0.25, 0.3) is 0 Å². The fraction of sp³-hybridized carbons (Fsp3) is 1.00. The summed E-state index contributed by atoms with van der Waals surface area (Å²) < 4.78 is 11.1. The van der Waals surface area contributed by atoms with E-state index in [2.05, 4.69) is 20.0 Å². The molecule has 0 unspecified atom stereocenters. The zero-order chi connectivity index (χ0) is 10.9. The molecular formula is C10H24O3Si. The van der Waals surface area contributed by atoms with Gasteiger partial charge in [0.2, 0.25) is 0 Å². The fourth-order valence-corrected chi connectivity index (χ4v) is 2.53. The number of aliphatic hydroxyl groups is 1. The van der Waals surface area contributed by atoms with Gasteiger partial charge in [0.1, 0.15) is 0 Å². The fourth-order valence-electron chi connectivity index (χ4n) is 1.05. The van der Waals surface area contributed by atoms with E-state index < -0.39 is 8.32 Å². The van der Waals surface area contributed by atoms with Gasteiger partial charge in [-0.3, -0.25) is 0 Å². The molecule has 0 amide bonds. The van der Waals surface area contributed by atoms with E-state index in [9.17, 15) is 0 Å². The molecule has 3 nitrogen and oxygen atoms in total. The Morgan fingerprint density at radius 2 is 1.86 bits per heavy atom. The summed E-state index contributed by atoms with van der Waals surface area (Å²) >= 11 is 0. The molecule has 0 aromatic rings. The molecule has 0 spiro atoms. The highest BCUT2D eigenvalue weighted by Crippen LogP contribution is 2.11. The van der Waals surface area contributed by atoms with Crippen LogP contribution in [-0.2, 0) is 9.16 Å². The number of rotatable bonds is 9. The van der Waals surface area contributed by atoms with Crippen LogP contribution in [0.15, 0.2) is 0 Å². The van der Waals surface area contributed by atoms with Crippen LogP contribution < -0.4 is 0 Å². The van der Waals surface area contributed by atoms with Gasteiger partial charge in [-0.25, -0.2) is 0 Å². The Hall–Kier alpha value is 0.0969. The van der Waals surface area contributed by atoms with Gasteiger partial charge in [-0.05, 0) is 25.6 Å². The van der Waals surface area contributed by atoms with E-state index >= 15 is 0 Å². The Morgan fingerprint density at radius 1 is 1.14 bits per heavy atom. The molecule has 0 aliphatic rings. The van der Waals surface area contributed by atoms with Crippen molar-refractivity contribution in [2.24, 2.45) is 0 Å². The van der Waals surface area contributed by atoms with Crippen LogP contribution in [0, 0.1) is 0 Å². The minimum atomic E-state index is -1.50. The predicted octanol–water partition coefficient (Wildman–Crippen LogP) is 2.02. The Bertz CT molecular complexity index is 129. The SMILES string of the molecule is CCCCO[Si](C)(C)CCOCCO. The van der Waals surface area contributed by atoms with E-state index in [-0.39, 0.29) is 6.61 Å². The van der Waals surface area contributed by atoms with Crippen molar-refractivity contribution in [3.63, 3.8) is 0 Å². The maximum Gasteiger partial charge on any atom is 0.188 e. The number of unbranched alkanes of at least 4 members (excludes halogenated alkanes) is 1. The third kappa shape index (κ3) is 8.68. The standard InChI is InChI=1S/C10H24O3Si/c1-4-5-7-13-14(2,3)10-9-12-8-6-11/h11H,4-10H2,1-3H3. The molecule has 86 valence electrons. The van der Waals surface area contributed by atoms with Gasteiger partial charge in [0.25, 0.3) is 0 Å². The smallest absolute Gasteiger partial charge is 0.188 e. The molecule has 0 atom stereocenters. The summed E-state index contributed by atoms with van der Waals surface area (Å²) in [4.78, 5) is 0. The molecule has 0 aromatic carbocycles. The third-order valence-electron chi connectivity index (χ3n) is 2.07. The van der Waals surface area contributed by atoms with Crippen LogP contribution in [0.1, 0.15) is 19.8 Å². The molecule has 0 saturated heterocycles. The van der Waals surface area contributed by atoms with E-state index in [1.54, 1.807) is 0 Å². The number of aliphatic hydroxyl groups excluding tert-OH is 1. The highest BCUT2D eigenvalue weighted by atomic mass is 28.4. The molecule has 0 aliphatic carbocycles. The van der Waals surface area contributed by atoms with Gasteiger partial charge in [0.05, 0.1) is 13.2 Å². The Balaban J connectivity index is 3.40. The van der Waals surface area contributed by atoms with Crippen molar-refractivity contribution in [2.45, 2.75) is 38.9 Å². The predicted molar refractivity (Wildman–Crippen MR) is 61.1 cm³/mol. The molecule has 1 N–H and O–H groups in total. The average Bonchev–Trinajstić information content (AvgIpc) is 2.13. The maximum atomic E-state index is 8.52. The summed E-state index contributed by atoms with van der Waals surface area (Å²) in [6, 6.07) is 1.01. The van der Waals surface area contributed by atoms with Gasteiger partial charge in [0, 0.05) is 13.2 Å². The van der Waals surface area contributed by atoms with Crippen LogP contribution in [0.2, 0.25) is 19.1 Å². The van der Waals surface area contributed by atoms with Crippen LogP contribution >= 0.6 is 0 Å². The van der Waals surface area contributed by atoms with Crippen molar-refractivity contribution in [3.8, 4) is 0 Å². The monoisotopic (exact) mass is 220 g/mol. The second-order valence-electron chi connectivity index (χ2n) is 4.05. The van der Waals surface area contributed by atoms with Crippen molar-refractivity contribution in [2.75, 3.05) is 26.4 Å². The van der Waals surface area contributed by atoms with Gasteiger partial charge in [-0.15, -0.1) is 0 Å². The molecule has 0 radical (unpaired) electrons. The topological polar surface area (TPSA) is 38.7 Å². The van der Waals surface area contributed by atoms with Crippen LogP contribution in [-0.4, -0.2) is 39.9 Å². The lowest BCUT2D eigenvalue weighted by Gasteiger charge is -2.22. The third-order valence-corrected chi connectivity index (χ3v) is 4.47. The summed E-state index contributed by atoms with van der Waals surface area (Å²) in [6.07, 6.45) is 2.33. The summed E-state index contributed by atoms with van der Waals surface area (Å²) in [5.74, 6) is 0. The molecule has 0 aliphatic heterocycles. The lowest BCUT2D eigenvalue weighted by Crippen LogP contribution is -2.32. The van der Waals surface area contributed by atoms with E-state index in [0.29, 0.717) is 13.2 Å². The van der Waals surface area contributed by atoms with Gasteiger partial charge < -0.3 is 14.3 Å². The second kappa shape index (κ2) is 8.41. The molecule has 0 saturated carbocycles. The molecule has 0 rings (SSSR count). The van der Waals surface area contributed by atoms with E-state index in [4.69, 9.17) is 14.3 Å². The normalized spacial score (nSPS) is 12.0. The first-order chi connectivity index (χ1) is 6.62. The van der Waals surface area contributed by atoms with Crippen molar-refractivity contribution in [1.82, 2.24) is 0 Å². The number of ether oxygens (including phenoxy) is 1.